The Labute approximate surface area is 122 Å². The van der Waals surface area contributed by atoms with Gasteiger partial charge in [-0.2, -0.15) is 0 Å². The average Bonchev–Trinajstić information content (AvgIpc) is 3.10. The van der Waals surface area contributed by atoms with Gasteiger partial charge >= 0.3 is 5.97 Å². The van der Waals surface area contributed by atoms with Gasteiger partial charge in [0, 0.05) is 39.1 Å². The number of methoxy groups -OCH3 is 3. The summed E-state index contributed by atoms with van der Waals surface area (Å²) in [4.78, 5) is 17.8. The summed E-state index contributed by atoms with van der Waals surface area (Å²) >= 11 is 1.58. The number of aromatic nitrogens is 1. The van der Waals surface area contributed by atoms with E-state index in [0.717, 1.165) is 23.9 Å². The Morgan fingerprint density at radius 1 is 1.35 bits per heavy atom. The van der Waals surface area contributed by atoms with Crippen LogP contribution in [0.3, 0.4) is 0 Å². The summed E-state index contributed by atoms with van der Waals surface area (Å²) in [7, 11) is 4.79. The second kappa shape index (κ2) is 7.01. The highest BCUT2D eigenvalue weighted by Crippen LogP contribution is 2.27. The first-order chi connectivity index (χ1) is 9.67. The Morgan fingerprint density at radius 3 is 2.55 bits per heavy atom. The van der Waals surface area contributed by atoms with Crippen molar-refractivity contribution in [2.45, 2.75) is 25.0 Å². The molecule has 0 amide bonds. The van der Waals surface area contributed by atoms with Gasteiger partial charge in [0.2, 0.25) is 0 Å². The van der Waals surface area contributed by atoms with E-state index in [-0.39, 0.29) is 18.2 Å². The average molecular weight is 300 g/mol. The van der Waals surface area contributed by atoms with Gasteiger partial charge in [-0.15, -0.1) is 11.3 Å². The summed E-state index contributed by atoms with van der Waals surface area (Å²) in [5.41, 5.74) is 0.922. The topological polar surface area (TPSA) is 60.9 Å². The van der Waals surface area contributed by atoms with Crippen molar-refractivity contribution in [3.63, 3.8) is 0 Å². The van der Waals surface area contributed by atoms with Crippen LogP contribution in [-0.2, 0) is 25.4 Å². The third-order valence-corrected chi connectivity index (χ3v) is 4.39. The van der Waals surface area contributed by atoms with Crippen LogP contribution in [-0.4, -0.2) is 57.6 Å². The highest BCUT2D eigenvalue weighted by atomic mass is 32.1. The molecule has 1 aliphatic rings. The molecule has 1 aromatic heterocycles. The van der Waals surface area contributed by atoms with E-state index >= 15 is 0 Å². The van der Waals surface area contributed by atoms with Crippen LogP contribution in [0.1, 0.15) is 12.1 Å². The highest BCUT2D eigenvalue weighted by molar-refractivity contribution is 7.13. The van der Waals surface area contributed by atoms with E-state index in [2.05, 4.69) is 14.6 Å². The number of carbonyl (C=O) groups excluding carboxylic acids is 1. The molecule has 20 heavy (non-hydrogen) atoms. The second-order valence-corrected chi connectivity index (χ2v) is 5.49. The first kappa shape index (κ1) is 15.2. The summed E-state index contributed by atoms with van der Waals surface area (Å²) in [5, 5.41) is 2.94. The molecule has 1 fully saturated rings. The van der Waals surface area contributed by atoms with E-state index in [1.165, 1.54) is 7.11 Å². The van der Waals surface area contributed by atoms with Gasteiger partial charge < -0.3 is 19.1 Å². The molecule has 0 bridgehead atoms. The molecule has 2 unspecified atom stereocenters. The van der Waals surface area contributed by atoms with Crippen LogP contribution >= 0.6 is 11.3 Å². The predicted molar refractivity (Wildman–Crippen MR) is 76.3 cm³/mol. The molecule has 1 saturated heterocycles. The van der Waals surface area contributed by atoms with Crippen LogP contribution in [0.5, 0.6) is 0 Å². The number of anilines is 1. The summed E-state index contributed by atoms with van der Waals surface area (Å²) in [6.45, 7) is 1.55. The number of rotatable bonds is 6. The van der Waals surface area contributed by atoms with E-state index in [1.54, 1.807) is 25.6 Å². The van der Waals surface area contributed by atoms with Crippen LogP contribution in [0.2, 0.25) is 0 Å². The molecule has 2 heterocycles. The molecule has 0 saturated carbocycles. The molecule has 2 rings (SSSR count). The van der Waals surface area contributed by atoms with E-state index in [9.17, 15) is 4.79 Å². The van der Waals surface area contributed by atoms with Crippen molar-refractivity contribution >= 4 is 22.4 Å². The van der Waals surface area contributed by atoms with Gasteiger partial charge in [0.1, 0.15) is 12.2 Å². The Bertz CT molecular complexity index is 439. The normalized spacial score (nSPS) is 22.2. The van der Waals surface area contributed by atoms with Crippen LogP contribution in [0.15, 0.2) is 5.38 Å². The van der Waals surface area contributed by atoms with Crippen molar-refractivity contribution in [1.82, 2.24) is 4.98 Å². The fraction of sp³-hybridized carbons (Fsp3) is 0.692. The van der Waals surface area contributed by atoms with E-state index < -0.39 is 0 Å². The van der Waals surface area contributed by atoms with Crippen molar-refractivity contribution in [3.8, 4) is 0 Å². The monoisotopic (exact) mass is 300 g/mol. The molecule has 1 aromatic rings. The molecule has 0 aromatic carbocycles. The van der Waals surface area contributed by atoms with E-state index in [4.69, 9.17) is 9.47 Å². The minimum atomic E-state index is -0.209. The number of thiazole rings is 1. The zero-order chi connectivity index (χ0) is 14.5. The lowest BCUT2D eigenvalue weighted by Gasteiger charge is -2.13. The molecular weight excluding hydrogens is 280 g/mol. The largest absolute Gasteiger partial charge is 0.469 e. The van der Waals surface area contributed by atoms with Crippen molar-refractivity contribution in [2.75, 3.05) is 39.3 Å². The number of carbonyl (C=O) groups is 1. The Kier molecular flexibility index (Phi) is 5.33. The summed E-state index contributed by atoms with van der Waals surface area (Å²) in [6.07, 6.45) is 1.12. The van der Waals surface area contributed by atoms with Crippen LogP contribution in [0, 0.1) is 0 Å². The smallest absolute Gasteiger partial charge is 0.305 e. The third-order valence-electron chi connectivity index (χ3n) is 3.44. The van der Waals surface area contributed by atoms with E-state index in [0.29, 0.717) is 12.8 Å². The molecule has 0 radical (unpaired) electrons. The molecule has 0 spiro atoms. The fourth-order valence-electron chi connectivity index (χ4n) is 2.24. The minimum absolute atomic E-state index is 0.0717. The van der Waals surface area contributed by atoms with Crippen molar-refractivity contribution in [1.29, 1.82) is 0 Å². The Hall–Kier alpha value is -1.18. The van der Waals surface area contributed by atoms with Crippen molar-refractivity contribution in [2.24, 2.45) is 0 Å². The number of esters is 1. The van der Waals surface area contributed by atoms with Gasteiger partial charge in [0.15, 0.2) is 5.13 Å². The molecule has 6 nitrogen and oxygen atoms in total. The van der Waals surface area contributed by atoms with Gasteiger partial charge in [0.05, 0.1) is 19.2 Å². The lowest BCUT2D eigenvalue weighted by atomic mass is 10.2. The Balaban J connectivity index is 1.94. The molecule has 2 atom stereocenters. The molecule has 0 aliphatic carbocycles. The van der Waals surface area contributed by atoms with Gasteiger partial charge in [-0.1, -0.05) is 0 Å². The highest BCUT2D eigenvalue weighted by Gasteiger charge is 2.34. The fourth-order valence-corrected chi connectivity index (χ4v) is 3.12. The van der Waals surface area contributed by atoms with Crippen LogP contribution < -0.4 is 4.90 Å². The zero-order valence-corrected chi connectivity index (χ0v) is 12.8. The van der Waals surface area contributed by atoms with Crippen LogP contribution in [0.25, 0.3) is 0 Å². The molecule has 0 N–H and O–H groups in total. The molecular formula is C13H20N2O4S. The van der Waals surface area contributed by atoms with Gasteiger partial charge in [-0.25, -0.2) is 4.98 Å². The maximum absolute atomic E-state index is 11.1. The van der Waals surface area contributed by atoms with Crippen molar-refractivity contribution < 1.29 is 19.0 Å². The minimum Gasteiger partial charge on any atom is -0.469 e. The number of aryl methyl sites for hydroxylation is 1. The standard InChI is InChI=1S/C13H20N2O4S/c1-17-10-6-15(7-11(10)18-2)13-14-9(8-20-13)4-5-12(16)19-3/h8,10-11H,4-7H2,1-3H3. The number of ether oxygens (including phenoxy) is 3. The zero-order valence-electron chi connectivity index (χ0n) is 12.0. The summed E-state index contributed by atoms with van der Waals surface area (Å²) in [5.74, 6) is -0.209. The third kappa shape index (κ3) is 3.47. The summed E-state index contributed by atoms with van der Waals surface area (Å²) < 4.78 is 15.5. The first-order valence-electron chi connectivity index (χ1n) is 6.49. The Morgan fingerprint density at radius 2 is 2.00 bits per heavy atom. The maximum atomic E-state index is 11.1. The lowest BCUT2D eigenvalue weighted by Crippen LogP contribution is -2.27. The lowest BCUT2D eigenvalue weighted by molar-refractivity contribution is -0.140. The number of hydrogen-bond acceptors (Lipinski definition) is 7. The van der Waals surface area contributed by atoms with Gasteiger partial charge in [-0.3, -0.25) is 4.79 Å². The molecule has 1 aliphatic heterocycles. The number of hydrogen-bond donors (Lipinski definition) is 0. The quantitative estimate of drug-likeness (QED) is 0.733. The van der Waals surface area contributed by atoms with Gasteiger partial charge in [-0.05, 0) is 0 Å². The number of nitrogens with zero attached hydrogens (tertiary/aromatic N) is 2. The van der Waals surface area contributed by atoms with Gasteiger partial charge in [0.25, 0.3) is 0 Å². The van der Waals surface area contributed by atoms with Crippen molar-refractivity contribution in [3.05, 3.63) is 11.1 Å². The molecule has 7 heteroatoms. The predicted octanol–water partition coefficient (Wildman–Crippen LogP) is 1.10. The van der Waals surface area contributed by atoms with E-state index in [1.807, 2.05) is 5.38 Å². The first-order valence-corrected chi connectivity index (χ1v) is 7.37. The summed E-state index contributed by atoms with van der Waals surface area (Å²) in [6, 6.07) is 0. The SMILES string of the molecule is COC(=O)CCc1csc(N2CC(OC)C(OC)C2)n1. The maximum Gasteiger partial charge on any atom is 0.305 e. The van der Waals surface area contributed by atoms with Crippen LogP contribution in [0.4, 0.5) is 5.13 Å². The molecule has 112 valence electrons. The second-order valence-electron chi connectivity index (χ2n) is 4.65.